The molecular weight excluding hydrogens is 522 g/mol. The number of benzene rings is 2. The number of hydrogen-bond acceptors (Lipinski definition) is 5. The topological polar surface area (TPSA) is 82.5 Å². The molecule has 0 radical (unpaired) electrons. The van der Waals surface area contributed by atoms with Gasteiger partial charge in [0.25, 0.3) is 5.91 Å². The minimum atomic E-state index is -0.513. The highest BCUT2D eigenvalue weighted by molar-refractivity contribution is 9.10. The van der Waals surface area contributed by atoms with Crippen molar-refractivity contribution in [3.63, 3.8) is 0 Å². The van der Waals surface area contributed by atoms with Gasteiger partial charge in [0.1, 0.15) is 5.54 Å². The number of hydrogen-bond donors (Lipinski definition) is 1. The minimum Gasteiger partial charge on any atom is -0.469 e. The first-order valence-corrected chi connectivity index (χ1v) is 12.5. The molecule has 7 nitrogen and oxygen atoms in total. The number of fused-ring (bicyclic) bond motifs is 1. The van der Waals surface area contributed by atoms with Crippen LogP contribution < -0.4 is 5.32 Å². The smallest absolute Gasteiger partial charge is 0.308 e. The second-order valence-electron chi connectivity index (χ2n) is 8.99. The van der Waals surface area contributed by atoms with Crippen LogP contribution in [0.15, 0.2) is 47.1 Å². The molecular formula is C25H25BrClN3O4. The van der Waals surface area contributed by atoms with Crippen LogP contribution in [0.5, 0.6) is 0 Å². The number of ether oxygens (including phenoxy) is 2. The standard InChI is InChI=1S/C25H25BrClN3O4/c1-33-24(32)15-2-8-18(9-3-15)29-23(31)19-10-11-21(27)20-12-28-30(22(19)20)25(13-34-14-25)16-4-6-17(26)7-5-16/h4-7,10-12,15,18H,2-3,8-9,13-14H2,1H3,(H,29,31)/t15-,18-. The maximum Gasteiger partial charge on any atom is 0.308 e. The predicted molar refractivity (Wildman–Crippen MR) is 132 cm³/mol. The molecule has 34 heavy (non-hydrogen) atoms. The van der Waals surface area contributed by atoms with Gasteiger partial charge >= 0.3 is 5.97 Å². The third-order valence-corrected chi connectivity index (χ3v) is 7.85. The molecule has 1 saturated heterocycles. The van der Waals surface area contributed by atoms with Gasteiger partial charge in [0, 0.05) is 15.9 Å². The maximum atomic E-state index is 13.5. The SMILES string of the molecule is COC(=O)[C@H]1CC[C@H](NC(=O)c2ccc(Cl)c3cnn(C4(c5ccc(Br)cc5)COC4)c23)CC1. The number of nitrogens with zero attached hydrogens (tertiary/aromatic N) is 2. The van der Waals surface area contributed by atoms with E-state index in [1.807, 2.05) is 28.9 Å². The van der Waals surface area contributed by atoms with E-state index < -0.39 is 5.54 Å². The number of nitrogens with one attached hydrogen (secondary N) is 1. The Kier molecular flexibility index (Phi) is 6.39. The van der Waals surface area contributed by atoms with E-state index in [1.54, 1.807) is 18.3 Å². The summed E-state index contributed by atoms with van der Waals surface area (Å²) in [4.78, 5) is 25.3. The molecule has 3 aromatic rings. The first kappa shape index (κ1) is 23.3. The number of aromatic nitrogens is 2. The van der Waals surface area contributed by atoms with Crippen LogP contribution in [-0.2, 0) is 19.8 Å². The Bertz CT molecular complexity index is 1230. The second kappa shape index (κ2) is 9.32. The first-order valence-electron chi connectivity index (χ1n) is 11.3. The maximum absolute atomic E-state index is 13.5. The largest absolute Gasteiger partial charge is 0.469 e. The van der Waals surface area contributed by atoms with Crippen LogP contribution in [0.1, 0.15) is 41.6 Å². The summed E-state index contributed by atoms with van der Waals surface area (Å²) in [6, 6.07) is 11.6. The molecule has 0 spiro atoms. The lowest BCUT2D eigenvalue weighted by molar-refractivity contribution is -0.146. The first-order chi connectivity index (χ1) is 16.4. The molecule has 2 aromatic carbocycles. The Morgan fingerprint density at radius 2 is 1.85 bits per heavy atom. The summed E-state index contributed by atoms with van der Waals surface area (Å²) >= 11 is 10.0. The average molecular weight is 547 g/mol. The van der Waals surface area contributed by atoms with E-state index in [-0.39, 0.29) is 23.8 Å². The Hall–Kier alpha value is -2.42. The van der Waals surface area contributed by atoms with Gasteiger partial charge in [0.2, 0.25) is 0 Å². The van der Waals surface area contributed by atoms with E-state index in [2.05, 4.69) is 26.3 Å². The molecule has 1 N–H and O–H groups in total. The highest BCUT2D eigenvalue weighted by atomic mass is 79.9. The van der Waals surface area contributed by atoms with Gasteiger partial charge in [-0.1, -0.05) is 39.7 Å². The van der Waals surface area contributed by atoms with Crippen LogP contribution in [0.4, 0.5) is 0 Å². The van der Waals surface area contributed by atoms with Crippen molar-refractivity contribution in [3.05, 3.63) is 63.2 Å². The number of rotatable bonds is 5. The molecule has 2 fully saturated rings. The summed E-state index contributed by atoms with van der Waals surface area (Å²) in [7, 11) is 1.42. The summed E-state index contributed by atoms with van der Waals surface area (Å²) in [6.07, 6.45) is 4.59. The van der Waals surface area contributed by atoms with Gasteiger partial charge in [-0.15, -0.1) is 0 Å². The van der Waals surface area contributed by atoms with Crippen LogP contribution in [-0.4, -0.2) is 48.0 Å². The van der Waals surface area contributed by atoms with Crippen LogP contribution in [0, 0.1) is 5.92 Å². The number of halogens is 2. The van der Waals surface area contributed by atoms with Crippen molar-refractivity contribution in [2.24, 2.45) is 5.92 Å². The second-order valence-corrected chi connectivity index (χ2v) is 10.3. The quantitative estimate of drug-likeness (QED) is 0.470. The van der Waals surface area contributed by atoms with Crippen molar-refractivity contribution in [2.45, 2.75) is 37.3 Å². The molecule has 1 aliphatic heterocycles. The fourth-order valence-electron chi connectivity index (χ4n) is 4.99. The van der Waals surface area contributed by atoms with Crippen molar-refractivity contribution in [2.75, 3.05) is 20.3 Å². The molecule has 178 valence electrons. The Morgan fingerprint density at radius 1 is 1.15 bits per heavy atom. The van der Waals surface area contributed by atoms with Crippen LogP contribution in [0.3, 0.4) is 0 Å². The Labute approximate surface area is 210 Å². The fourth-order valence-corrected chi connectivity index (χ4v) is 5.45. The van der Waals surface area contributed by atoms with Gasteiger partial charge in [0.15, 0.2) is 0 Å². The fraction of sp³-hybridized carbons (Fsp3) is 0.400. The predicted octanol–water partition coefficient (Wildman–Crippen LogP) is 4.69. The lowest BCUT2D eigenvalue weighted by Gasteiger charge is -2.42. The van der Waals surface area contributed by atoms with Gasteiger partial charge in [-0.25, -0.2) is 4.68 Å². The number of amides is 1. The van der Waals surface area contributed by atoms with E-state index in [0.29, 0.717) is 42.2 Å². The molecule has 0 unspecified atom stereocenters. The summed E-state index contributed by atoms with van der Waals surface area (Å²) in [5, 5.41) is 9.12. The lowest BCUT2D eigenvalue weighted by atomic mass is 9.86. The van der Waals surface area contributed by atoms with Gasteiger partial charge in [0.05, 0.1) is 48.5 Å². The van der Waals surface area contributed by atoms with Gasteiger partial charge in [-0.05, 0) is 55.5 Å². The van der Waals surface area contributed by atoms with E-state index >= 15 is 0 Å². The highest BCUT2D eigenvalue weighted by Gasteiger charge is 2.45. The molecule has 0 bridgehead atoms. The normalized spacial score (nSPS) is 21.6. The molecule has 1 aromatic heterocycles. The summed E-state index contributed by atoms with van der Waals surface area (Å²) in [5.74, 6) is -0.434. The lowest BCUT2D eigenvalue weighted by Crippen LogP contribution is -2.53. The zero-order valence-corrected chi connectivity index (χ0v) is 21.1. The summed E-state index contributed by atoms with van der Waals surface area (Å²) in [5.41, 5.74) is 1.76. The van der Waals surface area contributed by atoms with Crippen molar-refractivity contribution < 1.29 is 19.1 Å². The van der Waals surface area contributed by atoms with E-state index in [0.717, 1.165) is 28.3 Å². The number of carbonyl (C=O) groups excluding carboxylic acids is 2. The number of carbonyl (C=O) groups is 2. The van der Waals surface area contributed by atoms with Crippen molar-refractivity contribution >= 4 is 50.3 Å². The molecule has 1 saturated carbocycles. The zero-order chi connectivity index (χ0) is 23.9. The molecule has 9 heteroatoms. The van der Waals surface area contributed by atoms with Gasteiger partial charge in [-0.3, -0.25) is 9.59 Å². The van der Waals surface area contributed by atoms with Crippen LogP contribution in [0.25, 0.3) is 10.9 Å². The molecule has 2 aliphatic rings. The van der Waals surface area contributed by atoms with Crippen molar-refractivity contribution in [3.8, 4) is 0 Å². The average Bonchev–Trinajstić information content (AvgIpc) is 3.26. The molecule has 0 atom stereocenters. The Balaban J connectivity index is 1.47. The summed E-state index contributed by atoms with van der Waals surface area (Å²) in [6.45, 7) is 0.910. The molecule has 2 heterocycles. The summed E-state index contributed by atoms with van der Waals surface area (Å²) < 4.78 is 13.4. The monoisotopic (exact) mass is 545 g/mol. The third-order valence-electron chi connectivity index (χ3n) is 6.99. The molecule has 5 rings (SSSR count). The van der Waals surface area contributed by atoms with Crippen molar-refractivity contribution in [1.82, 2.24) is 15.1 Å². The Morgan fingerprint density at radius 3 is 2.47 bits per heavy atom. The van der Waals surface area contributed by atoms with Gasteiger partial charge in [-0.2, -0.15) is 5.10 Å². The molecule has 1 aliphatic carbocycles. The van der Waals surface area contributed by atoms with E-state index in [1.165, 1.54) is 7.11 Å². The number of methoxy groups -OCH3 is 1. The minimum absolute atomic E-state index is 0.00276. The highest BCUT2D eigenvalue weighted by Crippen LogP contribution is 2.39. The van der Waals surface area contributed by atoms with Gasteiger partial charge < -0.3 is 14.8 Å². The van der Waals surface area contributed by atoms with E-state index in [4.69, 9.17) is 21.1 Å². The van der Waals surface area contributed by atoms with Crippen LogP contribution >= 0.6 is 27.5 Å². The van der Waals surface area contributed by atoms with Crippen molar-refractivity contribution in [1.29, 1.82) is 0 Å². The number of esters is 1. The zero-order valence-electron chi connectivity index (χ0n) is 18.7. The van der Waals surface area contributed by atoms with Crippen LogP contribution in [0.2, 0.25) is 5.02 Å². The van der Waals surface area contributed by atoms with E-state index in [9.17, 15) is 9.59 Å². The molecule has 1 amide bonds. The third kappa shape index (κ3) is 4.01.